The second-order valence-corrected chi connectivity index (χ2v) is 4.08. The summed E-state index contributed by atoms with van der Waals surface area (Å²) in [4.78, 5) is 11.6. The molecule has 0 bridgehead atoms. The van der Waals surface area contributed by atoms with Crippen LogP contribution in [0, 0.1) is 0 Å². The average Bonchev–Trinajstić information content (AvgIpc) is 2.31. The first kappa shape index (κ1) is 11.7. The molecule has 0 unspecified atom stereocenters. The van der Waals surface area contributed by atoms with E-state index in [0.717, 1.165) is 18.8 Å². The average molecular weight is 231 g/mol. The van der Waals surface area contributed by atoms with Crippen LogP contribution in [-0.4, -0.2) is 31.6 Å². The SMILES string of the molecule is C=CCNC(=O)c1ccc(NC2CNC2)cc1. The Morgan fingerprint density at radius 1 is 1.41 bits per heavy atom. The van der Waals surface area contributed by atoms with Gasteiger partial charge in [0.1, 0.15) is 0 Å². The Morgan fingerprint density at radius 2 is 2.12 bits per heavy atom. The first-order chi connectivity index (χ1) is 8.29. The number of carbonyl (C=O) groups excluding carboxylic acids is 1. The zero-order valence-electron chi connectivity index (χ0n) is 9.70. The number of benzene rings is 1. The van der Waals surface area contributed by atoms with E-state index in [2.05, 4.69) is 22.5 Å². The maximum atomic E-state index is 11.6. The highest BCUT2D eigenvalue weighted by molar-refractivity contribution is 5.94. The molecule has 3 N–H and O–H groups in total. The molecule has 0 atom stereocenters. The molecule has 0 spiro atoms. The summed E-state index contributed by atoms with van der Waals surface area (Å²) in [6, 6.07) is 8.03. The van der Waals surface area contributed by atoms with Crippen LogP contribution in [0.1, 0.15) is 10.4 Å². The summed E-state index contributed by atoms with van der Waals surface area (Å²) in [5, 5.41) is 9.32. The number of hydrogen-bond donors (Lipinski definition) is 3. The van der Waals surface area contributed by atoms with Gasteiger partial charge in [0.15, 0.2) is 0 Å². The largest absolute Gasteiger partial charge is 0.380 e. The van der Waals surface area contributed by atoms with Crippen molar-refractivity contribution in [3.63, 3.8) is 0 Å². The van der Waals surface area contributed by atoms with Crippen molar-refractivity contribution < 1.29 is 4.79 Å². The summed E-state index contributed by atoms with van der Waals surface area (Å²) in [7, 11) is 0. The Bertz CT molecular complexity index is 396. The maximum absolute atomic E-state index is 11.6. The number of rotatable bonds is 5. The van der Waals surface area contributed by atoms with E-state index in [1.165, 1.54) is 0 Å². The van der Waals surface area contributed by atoms with Crippen LogP contribution in [0.15, 0.2) is 36.9 Å². The van der Waals surface area contributed by atoms with Crippen LogP contribution in [0.25, 0.3) is 0 Å². The summed E-state index contributed by atoms with van der Waals surface area (Å²) < 4.78 is 0. The van der Waals surface area contributed by atoms with Gasteiger partial charge in [0, 0.05) is 30.9 Å². The summed E-state index contributed by atoms with van der Waals surface area (Å²) >= 11 is 0. The van der Waals surface area contributed by atoms with Gasteiger partial charge in [-0.15, -0.1) is 6.58 Å². The lowest BCUT2D eigenvalue weighted by Gasteiger charge is -2.28. The van der Waals surface area contributed by atoms with Gasteiger partial charge in [-0.05, 0) is 24.3 Å². The molecule has 90 valence electrons. The van der Waals surface area contributed by atoms with Gasteiger partial charge in [0.2, 0.25) is 0 Å². The molecule has 17 heavy (non-hydrogen) atoms. The standard InChI is InChI=1S/C13H17N3O/c1-2-7-15-13(17)10-3-5-11(6-4-10)16-12-8-14-9-12/h2-6,12,14,16H,1,7-9H2,(H,15,17). The van der Waals surface area contributed by atoms with Crippen molar-refractivity contribution in [3.8, 4) is 0 Å². The number of carbonyl (C=O) groups is 1. The molecule has 1 aliphatic heterocycles. The summed E-state index contributed by atoms with van der Waals surface area (Å²) in [6.07, 6.45) is 1.66. The predicted molar refractivity (Wildman–Crippen MR) is 69.3 cm³/mol. The molecule has 1 fully saturated rings. The number of hydrogen-bond acceptors (Lipinski definition) is 3. The fraction of sp³-hybridized carbons (Fsp3) is 0.308. The Balaban J connectivity index is 1.91. The highest BCUT2D eigenvalue weighted by atomic mass is 16.1. The summed E-state index contributed by atoms with van der Waals surface area (Å²) in [5.41, 5.74) is 1.72. The van der Waals surface area contributed by atoms with Gasteiger partial charge in [0.25, 0.3) is 5.91 Å². The highest BCUT2D eigenvalue weighted by Gasteiger charge is 2.15. The number of nitrogens with one attached hydrogen (secondary N) is 3. The minimum atomic E-state index is -0.0678. The normalized spacial score (nSPS) is 14.8. The highest BCUT2D eigenvalue weighted by Crippen LogP contribution is 2.12. The first-order valence-corrected chi connectivity index (χ1v) is 5.76. The second kappa shape index (κ2) is 5.50. The van der Waals surface area contributed by atoms with Crippen LogP contribution < -0.4 is 16.0 Å². The number of anilines is 1. The Morgan fingerprint density at radius 3 is 2.65 bits per heavy atom. The van der Waals surface area contributed by atoms with E-state index >= 15 is 0 Å². The Hall–Kier alpha value is -1.81. The molecule has 4 heteroatoms. The van der Waals surface area contributed by atoms with Gasteiger partial charge in [-0.1, -0.05) is 6.08 Å². The smallest absolute Gasteiger partial charge is 0.251 e. The van der Waals surface area contributed by atoms with Gasteiger partial charge in [-0.2, -0.15) is 0 Å². The van der Waals surface area contributed by atoms with Gasteiger partial charge in [-0.25, -0.2) is 0 Å². The lowest BCUT2D eigenvalue weighted by Crippen LogP contribution is -2.51. The Labute approximate surface area is 101 Å². The van der Waals surface area contributed by atoms with Crippen LogP contribution >= 0.6 is 0 Å². The third-order valence-corrected chi connectivity index (χ3v) is 2.71. The molecule has 1 amide bonds. The van der Waals surface area contributed by atoms with Crippen molar-refractivity contribution in [2.24, 2.45) is 0 Å². The van der Waals surface area contributed by atoms with Crippen LogP contribution in [0.5, 0.6) is 0 Å². The van der Waals surface area contributed by atoms with Crippen molar-refractivity contribution in [1.82, 2.24) is 10.6 Å². The minimum Gasteiger partial charge on any atom is -0.380 e. The molecule has 1 saturated heterocycles. The van der Waals surface area contributed by atoms with E-state index < -0.39 is 0 Å². The minimum absolute atomic E-state index is 0.0678. The topological polar surface area (TPSA) is 53.2 Å². The quantitative estimate of drug-likeness (QED) is 0.662. The molecule has 0 radical (unpaired) electrons. The monoisotopic (exact) mass is 231 g/mol. The van der Waals surface area contributed by atoms with Gasteiger partial charge in [-0.3, -0.25) is 4.79 Å². The van der Waals surface area contributed by atoms with Crippen LogP contribution in [-0.2, 0) is 0 Å². The lowest BCUT2D eigenvalue weighted by molar-refractivity contribution is 0.0958. The third kappa shape index (κ3) is 3.07. The van der Waals surface area contributed by atoms with Crippen LogP contribution in [0.3, 0.4) is 0 Å². The lowest BCUT2D eigenvalue weighted by atomic mass is 10.1. The molecule has 0 aliphatic carbocycles. The van der Waals surface area contributed by atoms with E-state index in [0.29, 0.717) is 18.2 Å². The third-order valence-electron chi connectivity index (χ3n) is 2.71. The molecule has 1 aromatic rings. The fourth-order valence-corrected chi connectivity index (χ4v) is 1.61. The zero-order valence-corrected chi connectivity index (χ0v) is 9.70. The molecular formula is C13H17N3O. The van der Waals surface area contributed by atoms with E-state index in [1.807, 2.05) is 24.3 Å². The molecule has 4 nitrogen and oxygen atoms in total. The van der Waals surface area contributed by atoms with Crippen LogP contribution in [0.4, 0.5) is 5.69 Å². The fourth-order valence-electron chi connectivity index (χ4n) is 1.61. The molecule has 0 saturated carbocycles. The van der Waals surface area contributed by atoms with Gasteiger partial charge in [0.05, 0.1) is 6.04 Å². The Kier molecular flexibility index (Phi) is 3.77. The van der Waals surface area contributed by atoms with Crippen molar-refractivity contribution >= 4 is 11.6 Å². The van der Waals surface area contributed by atoms with Gasteiger partial charge < -0.3 is 16.0 Å². The second-order valence-electron chi connectivity index (χ2n) is 4.08. The van der Waals surface area contributed by atoms with Crippen molar-refractivity contribution in [2.45, 2.75) is 6.04 Å². The molecule has 2 rings (SSSR count). The van der Waals surface area contributed by atoms with Gasteiger partial charge >= 0.3 is 0 Å². The van der Waals surface area contributed by atoms with Crippen LogP contribution in [0.2, 0.25) is 0 Å². The molecule has 1 aliphatic rings. The van der Waals surface area contributed by atoms with Crippen molar-refractivity contribution in [3.05, 3.63) is 42.5 Å². The molecule has 0 aromatic heterocycles. The van der Waals surface area contributed by atoms with Crippen molar-refractivity contribution in [2.75, 3.05) is 25.0 Å². The van der Waals surface area contributed by atoms with E-state index in [9.17, 15) is 4.79 Å². The van der Waals surface area contributed by atoms with E-state index in [1.54, 1.807) is 6.08 Å². The summed E-state index contributed by atoms with van der Waals surface area (Å²) in [5.74, 6) is -0.0678. The summed E-state index contributed by atoms with van der Waals surface area (Å²) in [6.45, 7) is 6.05. The van der Waals surface area contributed by atoms with E-state index in [4.69, 9.17) is 0 Å². The number of amides is 1. The molecule has 1 aromatic carbocycles. The molecular weight excluding hydrogens is 214 g/mol. The predicted octanol–water partition coefficient (Wildman–Crippen LogP) is 0.986. The molecule has 1 heterocycles. The first-order valence-electron chi connectivity index (χ1n) is 5.76. The van der Waals surface area contributed by atoms with E-state index in [-0.39, 0.29) is 5.91 Å². The van der Waals surface area contributed by atoms with Crippen molar-refractivity contribution in [1.29, 1.82) is 0 Å². The maximum Gasteiger partial charge on any atom is 0.251 e. The zero-order chi connectivity index (χ0) is 12.1.